The third-order valence-corrected chi connectivity index (χ3v) is 6.38. The van der Waals surface area contributed by atoms with Crippen LogP contribution in [0.2, 0.25) is 0 Å². The lowest BCUT2D eigenvalue weighted by Crippen LogP contribution is -2.46. The van der Waals surface area contributed by atoms with Gasteiger partial charge in [-0.3, -0.25) is 28.3 Å². The molecule has 4 rings (SSSR count). The maximum absolute atomic E-state index is 13.5. The number of hydrogen-bond donors (Lipinski definition) is 3. The van der Waals surface area contributed by atoms with Crippen LogP contribution in [0, 0.1) is 13.8 Å². The number of hydrogen-bond acceptors (Lipinski definition) is 9. The molecule has 35 heavy (non-hydrogen) atoms. The molecule has 15 nitrogen and oxygen atoms in total. The minimum atomic E-state index is -0.995. The molecule has 0 bridgehead atoms. The first-order chi connectivity index (χ1) is 16.7. The topological polar surface area (TPSA) is 207 Å². The molecule has 0 aromatic carbocycles. The molecule has 188 valence electrons. The Bertz CT molecular complexity index is 1400. The molecular weight excluding hydrogens is 466 g/mol. The summed E-state index contributed by atoms with van der Waals surface area (Å²) in [5.74, 6) is 0. The highest BCUT2D eigenvalue weighted by atomic mass is 16.5. The molecule has 15 heteroatoms. The zero-order valence-corrected chi connectivity index (χ0v) is 19.0. The highest BCUT2D eigenvalue weighted by Crippen LogP contribution is 2.35. The summed E-state index contributed by atoms with van der Waals surface area (Å²) in [6, 6.07) is -1.64. The number of H-pyrrole nitrogens is 1. The summed E-state index contributed by atoms with van der Waals surface area (Å²) in [6.07, 6.45) is -0.929. The molecule has 2 aromatic heterocycles. The number of nitrogens with zero attached hydrogens (tertiary/aromatic N) is 6. The fourth-order valence-corrected chi connectivity index (χ4v) is 4.58. The van der Waals surface area contributed by atoms with Gasteiger partial charge in [0.2, 0.25) is 0 Å². The molecule has 2 fully saturated rings. The van der Waals surface area contributed by atoms with Crippen LogP contribution in [0.3, 0.4) is 0 Å². The Morgan fingerprint density at radius 2 is 1.66 bits per heavy atom. The van der Waals surface area contributed by atoms with E-state index in [0.29, 0.717) is 0 Å². The fraction of sp³-hybridized carbons (Fsp3) is 0.600. The molecule has 2 aromatic rings. The first-order valence-electron chi connectivity index (χ1n) is 10.9. The van der Waals surface area contributed by atoms with Gasteiger partial charge >= 0.3 is 11.4 Å². The maximum Gasteiger partial charge on any atom is 0.333 e. The highest BCUT2D eigenvalue weighted by molar-refractivity contribution is 5.07. The second-order valence-electron chi connectivity index (χ2n) is 8.59. The van der Waals surface area contributed by atoms with E-state index in [1.807, 2.05) is 0 Å². The first-order valence-corrected chi connectivity index (χ1v) is 10.9. The van der Waals surface area contributed by atoms with Gasteiger partial charge in [-0.15, -0.1) is 0 Å². The van der Waals surface area contributed by atoms with E-state index in [0.717, 1.165) is 9.13 Å². The van der Waals surface area contributed by atoms with Gasteiger partial charge in [-0.25, -0.2) is 9.59 Å². The molecule has 0 radical (unpaired) electrons. The summed E-state index contributed by atoms with van der Waals surface area (Å²) in [5, 5.41) is 23.1. The van der Waals surface area contributed by atoms with Gasteiger partial charge in [0.25, 0.3) is 11.1 Å². The maximum atomic E-state index is 13.5. The Morgan fingerprint density at radius 3 is 2.31 bits per heavy atom. The number of aliphatic hydroxyl groups excluding tert-OH is 2. The van der Waals surface area contributed by atoms with E-state index in [-0.39, 0.29) is 24.0 Å². The molecule has 2 saturated heterocycles. The van der Waals surface area contributed by atoms with Gasteiger partial charge in [-0.1, -0.05) is 5.11 Å². The molecule has 4 heterocycles. The van der Waals surface area contributed by atoms with Crippen molar-refractivity contribution in [1.29, 1.82) is 0 Å². The van der Waals surface area contributed by atoms with Gasteiger partial charge in [0, 0.05) is 41.3 Å². The van der Waals surface area contributed by atoms with Crippen LogP contribution in [0.1, 0.15) is 42.5 Å². The zero-order valence-electron chi connectivity index (χ0n) is 19.0. The van der Waals surface area contributed by atoms with Crippen molar-refractivity contribution < 1.29 is 19.7 Å². The Balaban J connectivity index is 1.75. The summed E-state index contributed by atoms with van der Waals surface area (Å²) >= 11 is 0. The largest absolute Gasteiger partial charge is 0.394 e. The van der Waals surface area contributed by atoms with Crippen LogP contribution in [0.25, 0.3) is 10.4 Å². The summed E-state index contributed by atoms with van der Waals surface area (Å²) in [6.45, 7) is 2.06. The van der Waals surface area contributed by atoms with E-state index < -0.39 is 72.5 Å². The lowest BCUT2D eigenvalue weighted by atomic mass is 10.1. The van der Waals surface area contributed by atoms with Gasteiger partial charge in [0.15, 0.2) is 0 Å². The monoisotopic (exact) mass is 491 g/mol. The highest BCUT2D eigenvalue weighted by Gasteiger charge is 2.41. The van der Waals surface area contributed by atoms with Gasteiger partial charge < -0.3 is 19.7 Å². The number of rotatable bonds is 6. The van der Waals surface area contributed by atoms with Crippen molar-refractivity contribution in [3.05, 3.63) is 75.6 Å². The summed E-state index contributed by atoms with van der Waals surface area (Å²) in [7, 11) is 0. The molecule has 0 amide bonds. The van der Waals surface area contributed by atoms with E-state index in [9.17, 15) is 29.4 Å². The molecule has 0 saturated carbocycles. The smallest absolute Gasteiger partial charge is 0.333 e. The van der Waals surface area contributed by atoms with Crippen molar-refractivity contribution in [3.8, 4) is 0 Å². The van der Waals surface area contributed by atoms with Gasteiger partial charge in [0.05, 0.1) is 31.4 Å². The predicted molar refractivity (Wildman–Crippen MR) is 119 cm³/mol. The van der Waals surface area contributed by atoms with E-state index in [4.69, 9.17) is 15.0 Å². The van der Waals surface area contributed by atoms with Crippen LogP contribution in [0.4, 0.5) is 0 Å². The van der Waals surface area contributed by atoms with Crippen molar-refractivity contribution >= 4 is 0 Å². The average Bonchev–Trinajstić information content (AvgIpc) is 3.43. The molecule has 2 aliphatic rings. The van der Waals surface area contributed by atoms with Crippen molar-refractivity contribution in [2.45, 2.75) is 63.4 Å². The lowest BCUT2D eigenvalue weighted by molar-refractivity contribution is -0.0347. The van der Waals surface area contributed by atoms with Crippen LogP contribution in [-0.2, 0) is 9.47 Å². The Morgan fingerprint density at radius 1 is 1.03 bits per heavy atom. The van der Waals surface area contributed by atoms with E-state index in [1.54, 1.807) is 0 Å². The van der Waals surface area contributed by atoms with Crippen LogP contribution in [0.15, 0.2) is 36.7 Å². The number of aryl methyl sites for hydroxylation is 2. The van der Waals surface area contributed by atoms with Gasteiger partial charge in [-0.2, -0.15) is 0 Å². The second-order valence-corrected chi connectivity index (χ2v) is 8.59. The van der Waals surface area contributed by atoms with Crippen molar-refractivity contribution in [3.63, 3.8) is 0 Å². The summed E-state index contributed by atoms with van der Waals surface area (Å²) in [5.41, 5.74) is 6.62. The number of aromatic amines is 1. The number of ether oxygens (including phenoxy) is 2. The van der Waals surface area contributed by atoms with E-state index in [1.165, 1.54) is 30.8 Å². The molecule has 0 unspecified atom stereocenters. The first kappa shape index (κ1) is 24.6. The number of azide groups is 1. The van der Waals surface area contributed by atoms with Crippen molar-refractivity contribution in [2.75, 3.05) is 13.2 Å². The molecule has 0 spiro atoms. The lowest BCUT2D eigenvalue weighted by Gasteiger charge is -2.22. The Labute approximate surface area is 196 Å². The number of aromatic nitrogens is 4. The number of aliphatic hydroxyl groups is 2. The summed E-state index contributed by atoms with van der Waals surface area (Å²) < 4.78 is 14.8. The van der Waals surface area contributed by atoms with Crippen LogP contribution in [-0.4, -0.2) is 60.4 Å². The molecular formula is C20H25N7O8. The van der Waals surface area contributed by atoms with Crippen molar-refractivity contribution in [2.24, 2.45) is 5.11 Å². The van der Waals surface area contributed by atoms with Gasteiger partial charge in [0.1, 0.15) is 18.6 Å². The zero-order chi connectivity index (χ0) is 25.4. The van der Waals surface area contributed by atoms with Crippen LogP contribution >= 0.6 is 0 Å². The van der Waals surface area contributed by atoms with Crippen molar-refractivity contribution in [1.82, 2.24) is 18.7 Å². The Kier molecular flexibility index (Phi) is 6.78. The minimum Gasteiger partial charge on any atom is -0.394 e. The third-order valence-electron chi connectivity index (χ3n) is 6.38. The molecule has 3 N–H and O–H groups in total. The average molecular weight is 491 g/mol. The van der Waals surface area contributed by atoms with Gasteiger partial charge in [-0.05, 0) is 19.4 Å². The van der Waals surface area contributed by atoms with E-state index in [2.05, 4.69) is 15.0 Å². The number of nitrogens with one attached hydrogen (secondary N) is 1. The Hall–Kier alpha value is -3.49. The molecule has 2 aliphatic heterocycles. The minimum absolute atomic E-state index is 0.0125. The predicted octanol–water partition coefficient (Wildman–Crippen LogP) is -1.04. The van der Waals surface area contributed by atoms with E-state index >= 15 is 0 Å². The van der Waals surface area contributed by atoms with Crippen LogP contribution < -0.4 is 22.5 Å². The fourth-order valence-electron chi connectivity index (χ4n) is 4.58. The second kappa shape index (κ2) is 9.64. The standard InChI is InChI=1S/C20H25N7O8/c1-9-5-25(19(32)22-17(9)30)16-4-12(14(8-29)35-16)27-18(31)10(2)6-26(20(27)33)15-3-11(23-24-21)13(7-28)34-15/h5-6,11-16,28-29H,3-4,7-8H2,1-2H3,(H,22,30,32)/t11-,12-,13+,14+,15+,16+/m1/s1. The quantitative estimate of drug-likeness (QED) is 0.258. The van der Waals surface area contributed by atoms with Crippen LogP contribution in [0.5, 0.6) is 0 Å². The molecule has 0 aliphatic carbocycles. The third kappa shape index (κ3) is 4.35. The molecule has 6 atom stereocenters. The summed E-state index contributed by atoms with van der Waals surface area (Å²) in [4.78, 5) is 55.5. The normalized spacial score (nSPS) is 28.2. The SMILES string of the molecule is Cc1cn([C@@H]2C[C@@H](n3c(=O)c(C)cn([C@@H]4C[C@@H](N=[N+]=[N-])[C@H](CO)O4)c3=O)[C@H](CO)O2)c(=O)[nH]c1=O.